The van der Waals surface area contributed by atoms with E-state index in [9.17, 15) is 46.7 Å². The summed E-state index contributed by atoms with van der Waals surface area (Å²) in [6, 6.07) is -9.02. The number of alkyl halides is 3. The zero-order valence-electron chi connectivity index (χ0n) is 61.5. The van der Waals surface area contributed by atoms with Crippen molar-refractivity contribution in [1.82, 2.24) is 60.0 Å². The molecule has 2 saturated carbocycles. The van der Waals surface area contributed by atoms with Gasteiger partial charge in [-0.15, -0.1) is 0 Å². The first-order chi connectivity index (χ1) is 47.6. The summed E-state index contributed by atoms with van der Waals surface area (Å²) < 4.78 is 61.8. The highest BCUT2D eigenvalue weighted by Gasteiger charge is 2.52. The Hall–Kier alpha value is -7.46. The average Bonchev–Trinajstić information content (AvgIpc) is 1.52. The Morgan fingerprint density at radius 3 is 1.86 bits per heavy atom. The van der Waals surface area contributed by atoms with Gasteiger partial charge in [0.25, 0.3) is 0 Å². The van der Waals surface area contributed by atoms with Crippen molar-refractivity contribution >= 4 is 70.9 Å². The van der Waals surface area contributed by atoms with Gasteiger partial charge in [0.15, 0.2) is 0 Å². The number of likely N-dealkylation sites (N-methyl/N-ethyl adjacent to an activating group) is 6. The summed E-state index contributed by atoms with van der Waals surface area (Å²) in [5.74, 6) is -10.9. The number of nitrogens with zero attached hydrogens (tertiary/aromatic N) is 9. The molecule has 4 aliphatic heterocycles. The van der Waals surface area contributed by atoms with Gasteiger partial charge in [-0.3, -0.25) is 57.5 Å². The Morgan fingerprint density at radius 2 is 1.28 bits per heavy atom. The maximum absolute atomic E-state index is 15.5. The Bertz CT molecular complexity index is 3180. The lowest BCUT2D eigenvalue weighted by Crippen LogP contribution is -2.65. The number of fused-ring (bicyclic) bond motifs is 2. The monoisotopic (exact) mass is 1430 g/mol. The molecule has 1 spiro atoms. The standard InChI is InChI=1S/C72H110F4N12O13/c1-14-44(5)59-68(98)81(9)46(7)63(93)88-33-29-53(88)66(96)83(11)55(40-47-22-17-16-18-23-47)65(95)80(8)42-57(89)77-51(28-26-48-25-27-49(50(73)39-48)72(74,75)76)64(94)87-32-21-24-52(87)62(92)79-71(30-19-20-31-71)70(100)85(13)60(45(6)15-2)69(99)84(12)56(67(97)86-34-36-101-37-35-86)41-58(90)82(10)54(38-43(3)4)61(91)78-59/h25,27,39,43-47,51-56,59-60H,14-24,26,28-38,40-42H2,1-13H3,(H,77,89)(H,78,91)(H,79,92)/t44-,45-,46-,51-,52-,53-,54-,55-,56-,59-,60-/m0/s1. The van der Waals surface area contributed by atoms with Gasteiger partial charge in [0.1, 0.15) is 65.7 Å². The molecule has 11 atom stereocenters. The second-order valence-electron chi connectivity index (χ2n) is 29.7. The quantitative estimate of drug-likeness (QED) is 0.239. The lowest BCUT2D eigenvalue weighted by Gasteiger charge is -2.45. The lowest BCUT2D eigenvalue weighted by molar-refractivity contribution is -0.160. The van der Waals surface area contributed by atoms with Crippen LogP contribution >= 0.6 is 0 Å². The van der Waals surface area contributed by atoms with Crippen LogP contribution in [-0.2, 0) is 74.9 Å². The number of halogens is 4. The van der Waals surface area contributed by atoms with Crippen LogP contribution in [0.5, 0.6) is 0 Å². The van der Waals surface area contributed by atoms with Crippen LogP contribution < -0.4 is 16.0 Å². The second-order valence-corrected chi connectivity index (χ2v) is 29.7. The minimum Gasteiger partial charge on any atom is -0.378 e. The van der Waals surface area contributed by atoms with Crippen LogP contribution in [0.1, 0.15) is 175 Å². The summed E-state index contributed by atoms with van der Waals surface area (Å²) in [5, 5.41) is 8.65. The smallest absolute Gasteiger partial charge is 0.378 e. The van der Waals surface area contributed by atoms with E-state index in [2.05, 4.69) is 16.0 Å². The minimum atomic E-state index is -5.01. The Balaban J connectivity index is 1.29. The first-order valence-electron chi connectivity index (χ1n) is 36.4. The van der Waals surface area contributed by atoms with E-state index in [1.807, 2.05) is 27.7 Å². The molecule has 1 aromatic carbocycles. The molecule has 6 aliphatic rings. The van der Waals surface area contributed by atoms with Crippen molar-refractivity contribution in [3.8, 4) is 0 Å². The zero-order valence-corrected chi connectivity index (χ0v) is 61.5. The van der Waals surface area contributed by atoms with Crippen molar-refractivity contribution in [3.05, 3.63) is 35.1 Å². The molecule has 0 aromatic heterocycles. The number of carbonyl (C=O) groups excluding carboxylic acids is 12. The highest BCUT2D eigenvalue weighted by Crippen LogP contribution is 2.37. The van der Waals surface area contributed by atoms with E-state index in [-0.39, 0.29) is 115 Å². The molecule has 564 valence electrons. The van der Waals surface area contributed by atoms with E-state index in [0.29, 0.717) is 37.8 Å². The molecule has 12 amide bonds. The number of amides is 12. The van der Waals surface area contributed by atoms with Crippen LogP contribution in [0.4, 0.5) is 17.6 Å². The van der Waals surface area contributed by atoms with Crippen molar-refractivity contribution in [2.45, 2.75) is 237 Å². The van der Waals surface area contributed by atoms with E-state index < -0.39 is 173 Å². The molecule has 0 unspecified atom stereocenters. The minimum absolute atomic E-state index is 0.00187. The van der Waals surface area contributed by atoms with Gasteiger partial charge in [-0.25, -0.2) is 4.39 Å². The summed E-state index contributed by atoms with van der Waals surface area (Å²) in [5.41, 5.74) is -3.07. The van der Waals surface area contributed by atoms with Crippen LogP contribution in [-0.4, -0.2) is 263 Å². The fourth-order valence-electron chi connectivity index (χ4n) is 15.3. The molecule has 0 radical (unpaired) electrons. The highest BCUT2D eigenvalue weighted by atomic mass is 19.4. The maximum Gasteiger partial charge on any atom is 0.419 e. The highest BCUT2D eigenvalue weighted by molar-refractivity contribution is 6.01. The van der Waals surface area contributed by atoms with Gasteiger partial charge in [-0.1, -0.05) is 105 Å². The van der Waals surface area contributed by atoms with Gasteiger partial charge in [-0.05, 0) is 106 Å². The summed E-state index contributed by atoms with van der Waals surface area (Å²) >= 11 is 0. The Labute approximate surface area is 592 Å². The SMILES string of the molecule is CC[C@H](C)[C@@H]1NC(=O)[C@H](CC(C)C)N(C)C(=O)C[C@@H](C(=O)N2CCOCC2)N(C)C(=O)[C@H]([C@@H](C)CC)N(C)C(=O)C2(CCCC2)NC(=O)[C@@H]2CCCN2C(=O)[C@H](CCc2ccc(C(F)(F)F)c(F)c2)NC(=O)CN(C)C(=O)[C@H](CC2CCCCC2)N(C)C(=O)[C@@H]2CCN2C(=O)[C@H](C)N(C)C1=O. The van der Waals surface area contributed by atoms with Gasteiger partial charge in [0.05, 0.1) is 31.7 Å². The van der Waals surface area contributed by atoms with E-state index in [1.54, 1.807) is 13.8 Å². The van der Waals surface area contributed by atoms with E-state index in [1.165, 1.54) is 83.5 Å². The molecule has 7 rings (SSSR count). The van der Waals surface area contributed by atoms with Crippen molar-refractivity contribution in [3.63, 3.8) is 0 Å². The number of carbonyl (C=O) groups is 12. The van der Waals surface area contributed by atoms with E-state index >= 15 is 28.4 Å². The third-order valence-corrected chi connectivity index (χ3v) is 22.4. The third-order valence-electron chi connectivity index (χ3n) is 22.4. The van der Waals surface area contributed by atoms with Gasteiger partial charge in [0, 0.05) is 68.5 Å². The fraction of sp³-hybridized carbons (Fsp3) is 0.750. The normalized spacial score (nSPS) is 27.9. The fourth-order valence-corrected chi connectivity index (χ4v) is 15.3. The molecule has 1 aromatic rings. The molecule has 2 aliphatic carbocycles. The van der Waals surface area contributed by atoms with Crippen LogP contribution in [0.15, 0.2) is 18.2 Å². The number of morpholine rings is 1. The van der Waals surface area contributed by atoms with Crippen molar-refractivity contribution in [1.29, 1.82) is 0 Å². The number of hydrogen-bond donors (Lipinski definition) is 3. The van der Waals surface area contributed by atoms with Crippen LogP contribution in [0, 0.1) is 29.5 Å². The largest absolute Gasteiger partial charge is 0.419 e. The number of rotatable bonds is 12. The van der Waals surface area contributed by atoms with Gasteiger partial charge >= 0.3 is 6.18 Å². The number of ether oxygens (including phenoxy) is 1. The molecule has 3 N–H and O–H groups in total. The molecule has 6 fully saturated rings. The van der Waals surface area contributed by atoms with Gasteiger partial charge in [0.2, 0.25) is 70.9 Å². The number of nitrogens with one attached hydrogen (secondary N) is 3. The number of aryl methyl sites for hydroxylation is 1. The average molecular weight is 1430 g/mol. The van der Waals surface area contributed by atoms with Gasteiger partial charge in [-0.2, -0.15) is 13.2 Å². The zero-order chi connectivity index (χ0) is 74.7. The number of hydrogen-bond acceptors (Lipinski definition) is 13. The molecule has 0 bridgehead atoms. The molecule has 29 heteroatoms. The third kappa shape index (κ3) is 19.1. The molecule has 25 nitrogen and oxygen atoms in total. The van der Waals surface area contributed by atoms with Crippen LogP contribution in [0.3, 0.4) is 0 Å². The lowest BCUT2D eigenvalue weighted by atomic mass is 9.84. The first kappa shape index (κ1) is 80.8. The van der Waals surface area contributed by atoms with Crippen LogP contribution in [0.25, 0.3) is 0 Å². The van der Waals surface area contributed by atoms with Crippen LogP contribution in [0.2, 0.25) is 0 Å². The van der Waals surface area contributed by atoms with E-state index in [4.69, 9.17) is 4.74 Å². The molecule has 4 saturated heterocycles. The second kappa shape index (κ2) is 35.1. The summed E-state index contributed by atoms with van der Waals surface area (Å²) in [6.07, 6.45) is 0.964. The molecular weight excluding hydrogens is 1320 g/mol. The number of benzene rings is 1. The first-order valence-corrected chi connectivity index (χ1v) is 36.4. The van der Waals surface area contributed by atoms with E-state index in [0.717, 1.165) is 48.0 Å². The Kier molecular flexibility index (Phi) is 28.1. The van der Waals surface area contributed by atoms with Crippen molar-refractivity contribution < 1.29 is 79.8 Å². The van der Waals surface area contributed by atoms with Gasteiger partial charge < -0.3 is 64.8 Å². The van der Waals surface area contributed by atoms with Crippen molar-refractivity contribution in [2.24, 2.45) is 23.7 Å². The molecule has 101 heavy (non-hydrogen) atoms. The molecule has 4 heterocycles. The topological polar surface area (TPSA) is 279 Å². The summed E-state index contributed by atoms with van der Waals surface area (Å²) in [6.45, 7) is 12.5. The summed E-state index contributed by atoms with van der Waals surface area (Å²) in [7, 11) is 8.48. The Morgan fingerprint density at radius 1 is 0.644 bits per heavy atom. The summed E-state index contributed by atoms with van der Waals surface area (Å²) in [4.78, 5) is 191. The predicted molar refractivity (Wildman–Crippen MR) is 365 cm³/mol. The molecular formula is C72H110F4N12O13. The maximum atomic E-state index is 15.5. The van der Waals surface area contributed by atoms with Crippen molar-refractivity contribution in [2.75, 3.05) is 88.2 Å². The predicted octanol–water partition coefficient (Wildman–Crippen LogP) is 4.75.